The number of hydrogen-bond acceptors (Lipinski definition) is 2. The number of halogens is 1. The van der Waals surface area contributed by atoms with Crippen LogP contribution in [0.4, 0.5) is 0 Å². The predicted molar refractivity (Wildman–Crippen MR) is 81.0 cm³/mol. The average Bonchev–Trinajstić information content (AvgIpc) is 2.88. The topological polar surface area (TPSA) is 59.1 Å². The van der Waals surface area contributed by atoms with E-state index < -0.39 is 0 Å². The number of nitrogens with one attached hydrogen (secondary N) is 1. The molecule has 102 valence electrons. The van der Waals surface area contributed by atoms with Crippen LogP contribution in [0.1, 0.15) is 23.1 Å². The van der Waals surface area contributed by atoms with Gasteiger partial charge in [-0.05, 0) is 60.7 Å². The molecule has 0 saturated carbocycles. The number of benzene rings is 2. The molecule has 3 rings (SSSR count). The molecule has 3 N–H and O–H groups in total. The minimum atomic E-state index is -0.0522. The maximum Gasteiger partial charge on any atom is 0.138 e. The van der Waals surface area contributed by atoms with Crippen molar-refractivity contribution in [3.8, 4) is 11.5 Å². The number of hydrogen-bond donors (Lipinski definition) is 2. The van der Waals surface area contributed by atoms with E-state index in [-0.39, 0.29) is 5.84 Å². The molecule has 0 aromatic heterocycles. The lowest BCUT2D eigenvalue weighted by Crippen LogP contribution is -2.12. The fraction of sp³-hybridized carbons (Fsp3) is 0.188. The number of nitrogen functional groups attached to an aromatic ring is 1. The second-order valence-corrected chi connectivity index (χ2v) is 5.38. The van der Waals surface area contributed by atoms with Crippen LogP contribution in [0, 0.1) is 5.41 Å². The number of nitrogens with two attached hydrogens (primary N) is 1. The first-order chi connectivity index (χ1) is 9.63. The Balaban J connectivity index is 1.93. The van der Waals surface area contributed by atoms with Gasteiger partial charge in [0.15, 0.2) is 0 Å². The van der Waals surface area contributed by atoms with Gasteiger partial charge in [0.25, 0.3) is 0 Å². The van der Waals surface area contributed by atoms with Gasteiger partial charge in [-0.3, -0.25) is 5.41 Å². The lowest BCUT2D eigenvalue weighted by atomic mass is 10.1. The summed E-state index contributed by atoms with van der Waals surface area (Å²) in [6.07, 6.45) is 3.46. The zero-order valence-electron chi connectivity index (χ0n) is 10.9. The number of amidine groups is 1. The molecule has 2 aromatic carbocycles. The SMILES string of the molecule is N=C(N)c1cc(Cl)ccc1Oc1ccc2c(c1)CCC2. The summed E-state index contributed by atoms with van der Waals surface area (Å²) in [4.78, 5) is 0. The second-order valence-electron chi connectivity index (χ2n) is 4.94. The minimum Gasteiger partial charge on any atom is -0.457 e. The normalized spacial score (nSPS) is 13.1. The van der Waals surface area contributed by atoms with Crippen molar-refractivity contribution in [2.75, 3.05) is 0 Å². The van der Waals surface area contributed by atoms with Gasteiger partial charge < -0.3 is 10.5 Å². The van der Waals surface area contributed by atoms with Crippen LogP contribution < -0.4 is 10.5 Å². The van der Waals surface area contributed by atoms with Crippen molar-refractivity contribution in [1.29, 1.82) is 5.41 Å². The highest BCUT2D eigenvalue weighted by Gasteiger charge is 2.13. The number of fused-ring (bicyclic) bond motifs is 1. The number of aryl methyl sites for hydroxylation is 2. The third kappa shape index (κ3) is 2.49. The van der Waals surface area contributed by atoms with Gasteiger partial charge in [0.05, 0.1) is 5.56 Å². The van der Waals surface area contributed by atoms with Crippen molar-refractivity contribution in [2.45, 2.75) is 19.3 Å². The van der Waals surface area contributed by atoms with Gasteiger partial charge in [-0.15, -0.1) is 0 Å². The fourth-order valence-corrected chi connectivity index (χ4v) is 2.71. The van der Waals surface area contributed by atoms with Crippen LogP contribution in [0.5, 0.6) is 11.5 Å². The summed E-state index contributed by atoms with van der Waals surface area (Å²) < 4.78 is 5.87. The van der Waals surface area contributed by atoms with Crippen molar-refractivity contribution in [1.82, 2.24) is 0 Å². The van der Waals surface area contributed by atoms with Crippen molar-refractivity contribution in [3.05, 3.63) is 58.1 Å². The van der Waals surface area contributed by atoms with Crippen LogP contribution in [-0.2, 0) is 12.8 Å². The van der Waals surface area contributed by atoms with E-state index in [2.05, 4.69) is 12.1 Å². The van der Waals surface area contributed by atoms with Crippen LogP contribution in [0.25, 0.3) is 0 Å². The summed E-state index contributed by atoms with van der Waals surface area (Å²) in [6.45, 7) is 0. The highest BCUT2D eigenvalue weighted by atomic mass is 35.5. The van der Waals surface area contributed by atoms with Crippen LogP contribution >= 0.6 is 11.6 Å². The van der Waals surface area contributed by atoms with Gasteiger partial charge in [-0.25, -0.2) is 0 Å². The fourth-order valence-electron chi connectivity index (χ4n) is 2.54. The van der Waals surface area contributed by atoms with Crippen molar-refractivity contribution >= 4 is 17.4 Å². The summed E-state index contributed by atoms with van der Waals surface area (Å²) >= 11 is 5.93. The molecule has 0 spiro atoms. The second kappa shape index (κ2) is 5.17. The highest BCUT2D eigenvalue weighted by Crippen LogP contribution is 2.31. The van der Waals surface area contributed by atoms with Crippen molar-refractivity contribution in [3.63, 3.8) is 0 Å². The Bertz CT molecular complexity index is 682. The Labute approximate surface area is 122 Å². The predicted octanol–water partition coefficient (Wildman–Crippen LogP) is 3.91. The third-order valence-corrected chi connectivity index (χ3v) is 3.76. The maximum absolute atomic E-state index is 7.60. The molecule has 0 unspecified atom stereocenters. The van der Waals surface area contributed by atoms with Gasteiger partial charge in [-0.1, -0.05) is 17.7 Å². The molecule has 0 aliphatic heterocycles. The lowest BCUT2D eigenvalue weighted by molar-refractivity contribution is 0.481. The van der Waals surface area contributed by atoms with Crippen LogP contribution in [0.2, 0.25) is 5.02 Å². The largest absolute Gasteiger partial charge is 0.457 e. The first kappa shape index (κ1) is 13.0. The molecule has 0 heterocycles. The molecule has 0 fully saturated rings. The summed E-state index contributed by atoms with van der Waals surface area (Å²) in [6, 6.07) is 11.3. The molecule has 3 nitrogen and oxygen atoms in total. The van der Waals surface area contributed by atoms with Gasteiger partial charge in [0, 0.05) is 5.02 Å². The maximum atomic E-state index is 7.60. The Morgan fingerprint density at radius 3 is 2.70 bits per heavy atom. The molecule has 0 amide bonds. The molecular weight excluding hydrogens is 272 g/mol. The monoisotopic (exact) mass is 286 g/mol. The number of ether oxygens (including phenoxy) is 1. The van der Waals surface area contributed by atoms with Gasteiger partial charge in [-0.2, -0.15) is 0 Å². The molecule has 0 bridgehead atoms. The van der Waals surface area contributed by atoms with Gasteiger partial charge in [0.2, 0.25) is 0 Å². The average molecular weight is 287 g/mol. The molecule has 0 saturated heterocycles. The third-order valence-electron chi connectivity index (χ3n) is 3.53. The Morgan fingerprint density at radius 2 is 1.90 bits per heavy atom. The molecule has 2 aromatic rings. The summed E-state index contributed by atoms with van der Waals surface area (Å²) in [5.41, 5.74) is 8.83. The van der Waals surface area contributed by atoms with E-state index in [0.717, 1.165) is 18.6 Å². The molecule has 1 aliphatic carbocycles. The molecule has 0 radical (unpaired) electrons. The van der Waals surface area contributed by atoms with Gasteiger partial charge >= 0.3 is 0 Å². The van der Waals surface area contributed by atoms with E-state index in [1.54, 1.807) is 18.2 Å². The van der Waals surface area contributed by atoms with Crippen LogP contribution in [-0.4, -0.2) is 5.84 Å². The minimum absolute atomic E-state index is 0.0522. The van der Waals surface area contributed by atoms with E-state index in [0.29, 0.717) is 16.3 Å². The van der Waals surface area contributed by atoms with Crippen molar-refractivity contribution < 1.29 is 4.74 Å². The van der Waals surface area contributed by atoms with E-state index in [1.165, 1.54) is 17.5 Å². The van der Waals surface area contributed by atoms with E-state index in [1.807, 2.05) is 6.07 Å². The summed E-state index contributed by atoms with van der Waals surface area (Å²) in [5, 5.41) is 8.14. The van der Waals surface area contributed by atoms with E-state index in [4.69, 9.17) is 27.5 Å². The quantitative estimate of drug-likeness (QED) is 0.664. The van der Waals surface area contributed by atoms with Gasteiger partial charge in [0.1, 0.15) is 17.3 Å². The van der Waals surface area contributed by atoms with E-state index >= 15 is 0 Å². The highest BCUT2D eigenvalue weighted by molar-refractivity contribution is 6.31. The molecule has 20 heavy (non-hydrogen) atoms. The number of rotatable bonds is 3. The zero-order valence-corrected chi connectivity index (χ0v) is 11.7. The Hall–Kier alpha value is -2.00. The summed E-state index contributed by atoms with van der Waals surface area (Å²) in [5.74, 6) is 1.28. The molecular formula is C16H15ClN2O. The van der Waals surface area contributed by atoms with Crippen LogP contribution in [0.3, 0.4) is 0 Å². The molecule has 1 aliphatic rings. The Kier molecular flexibility index (Phi) is 3.36. The first-order valence-corrected chi connectivity index (χ1v) is 6.95. The lowest BCUT2D eigenvalue weighted by Gasteiger charge is -2.11. The zero-order chi connectivity index (χ0) is 14.1. The first-order valence-electron chi connectivity index (χ1n) is 6.57. The summed E-state index contributed by atoms with van der Waals surface area (Å²) in [7, 11) is 0. The smallest absolute Gasteiger partial charge is 0.138 e. The molecule has 0 atom stereocenters. The van der Waals surface area contributed by atoms with E-state index in [9.17, 15) is 0 Å². The molecule has 4 heteroatoms. The van der Waals surface area contributed by atoms with Crippen LogP contribution in [0.15, 0.2) is 36.4 Å². The standard InChI is InChI=1S/C16H15ClN2O/c17-12-5-7-15(14(9-12)16(18)19)20-13-6-4-10-2-1-3-11(10)8-13/h4-9H,1-3H2,(H3,18,19). The Morgan fingerprint density at radius 1 is 1.10 bits per heavy atom. The van der Waals surface area contributed by atoms with Crippen molar-refractivity contribution in [2.24, 2.45) is 5.73 Å².